The van der Waals surface area contributed by atoms with E-state index >= 15 is 0 Å². The molecule has 0 saturated carbocycles. The van der Waals surface area contributed by atoms with Crippen LogP contribution in [0.3, 0.4) is 0 Å². The first-order valence-corrected chi connectivity index (χ1v) is 19.4. The highest BCUT2D eigenvalue weighted by molar-refractivity contribution is 6.98. The fourth-order valence-corrected chi connectivity index (χ4v) is 8.68. The van der Waals surface area contributed by atoms with Crippen molar-refractivity contribution in [2.75, 3.05) is 9.80 Å². The highest BCUT2D eigenvalue weighted by atomic mass is 16.5. The zero-order chi connectivity index (χ0) is 37.4. The van der Waals surface area contributed by atoms with Crippen molar-refractivity contribution in [1.82, 2.24) is 9.97 Å². The van der Waals surface area contributed by atoms with Gasteiger partial charge in [0.05, 0.1) is 11.4 Å². The summed E-state index contributed by atoms with van der Waals surface area (Å²) in [5.41, 5.74) is 11.6. The van der Waals surface area contributed by atoms with Gasteiger partial charge in [0.1, 0.15) is 23.0 Å². The Hall–Kier alpha value is -5.56. The minimum Gasteiger partial charge on any atom is -0.458 e. The summed E-state index contributed by atoms with van der Waals surface area (Å²) in [6, 6.07) is 34.7. The maximum Gasteiger partial charge on any atom is 0.260 e. The molecular weight excluding hydrogens is 663 g/mol. The summed E-state index contributed by atoms with van der Waals surface area (Å²) < 4.78 is 13.8. The maximum absolute atomic E-state index is 6.88. The van der Waals surface area contributed by atoms with Gasteiger partial charge in [0.2, 0.25) is 0 Å². The van der Waals surface area contributed by atoms with E-state index in [9.17, 15) is 0 Å². The van der Waals surface area contributed by atoms with Crippen LogP contribution in [0.15, 0.2) is 109 Å². The van der Waals surface area contributed by atoms with Crippen LogP contribution < -0.4 is 35.7 Å². The van der Waals surface area contributed by atoms with Gasteiger partial charge in [-0.25, -0.2) is 9.97 Å². The Bertz CT molecular complexity index is 2210. The number of rotatable bonds is 7. The maximum atomic E-state index is 6.88. The molecule has 3 aliphatic heterocycles. The summed E-state index contributed by atoms with van der Waals surface area (Å²) in [5, 5.41) is 0. The normalized spacial score (nSPS) is 14.3. The molecule has 0 N–H and O–H groups in total. The van der Waals surface area contributed by atoms with Crippen LogP contribution in [0.4, 0.5) is 23.0 Å². The molecule has 269 valence electrons. The molecule has 0 atom stereocenters. The first-order valence-electron chi connectivity index (χ1n) is 19.4. The summed E-state index contributed by atoms with van der Waals surface area (Å²) in [6.07, 6.45) is 4.60. The lowest BCUT2D eigenvalue weighted by atomic mass is 9.35. The fourth-order valence-electron chi connectivity index (χ4n) is 8.68. The third kappa shape index (κ3) is 5.23. The number of benzene rings is 5. The van der Waals surface area contributed by atoms with Gasteiger partial charge in [-0.15, -0.1) is 0 Å². The second-order valence-electron chi connectivity index (χ2n) is 16.0. The molecule has 5 aromatic carbocycles. The summed E-state index contributed by atoms with van der Waals surface area (Å²) in [6.45, 7) is 18.2. The van der Waals surface area contributed by atoms with E-state index in [-0.39, 0.29) is 30.4 Å². The predicted molar refractivity (Wildman–Crippen MR) is 222 cm³/mol. The fraction of sp³-hybridized carbons (Fsp3) is 0.255. The third-order valence-electron chi connectivity index (χ3n) is 11.2. The number of fused-ring (bicyclic) bond motifs is 5. The minimum atomic E-state index is -0.0105. The van der Waals surface area contributed by atoms with Gasteiger partial charge >= 0.3 is 0 Å². The van der Waals surface area contributed by atoms with Crippen LogP contribution in [-0.2, 0) is 0 Å². The molecule has 0 unspecified atom stereocenters. The lowest BCUT2D eigenvalue weighted by molar-refractivity contribution is 0.463. The Morgan fingerprint density at radius 3 is 1.26 bits per heavy atom. The SMILES string of the molecule is CC(C)c1cccc(C(C)C)c1N1[C](c2cc3c4c(c2)Oc2ccccc2B4c2ccccc2O3)N(c2c(C(C)C)cccc2C(C)C)c2nccnc21. The van der Waals surface area contributed by atoms with Gasteiger partial charge in [0.25, 0.3) is 6.71 Å². The van der Waals surface area contributed by atoms with E-state index in [4.69, 9.17) is 19.4 Å². The van der Waals surface area contributed by atoms with Crippen molar-refractivity contribution in [1.29, 1.82) is 0 Å². The molecule has 1 radical (unpaired) electrons. The average Bonchev–Trinajstić information content (AvgIpc) is 3.51. The predicted octanol–water partition coefficient (Wildman–Crippen LogP) is 10.5. The molecule has 0 fully saturated rings. The van der Waals surface area contributed by atoms with Crippen molar-refractivity contribution in [3.63, 3.8) is 0 Å². The number of anilines is 4. The molecule has 0 saturated heterocycles. The number of hydrogen-bond donors (Lipinski definition) is 0. The summed E-state index contributed by atoms with van der Waals surface area (Å²) in [7, 11) is 0. The number of aromatic nitrogens is 2. The molecule has 1 aromatic heterocycles. The highest BCUT2D eigenvalue weighted by Crippen LogP contribution is 2.57. The van der Waals surface area contributed by atoms with Gasteiger partial charge in [0, 0.05) is 23.4 Å². The molecule has 54 heavy (non-hydrogen) atoms. The Balaban J connectivity index is 1.38. The Morgan fingerprint density at radius 2 is 0.870 bits per heavy atom. The Labute approximate surface area is 319 Å². The topological polar surface area (TPSA) is 50.7 Å². The molecule has 0 bridgehead atoms. The van der Waals surface area contributed by atoms with Gasteiger partial charge < -0.3 is 9.47 Å². The molecule has 6 aromatic rings. The molecule has 4 heterocycles. The van der Waals surface area contributed by atoms with Crippen LogP contribution in [0.25, 0.3) is 0 Å². The largest absolute Gasteiger partial charge is 0.458 e. The number of hydrogen-bond acceptors (Lipinski definition) is 6. The molecule has 6 nitrogen and oxygen atoms in total. The van der Waals surface area contributed by atoms with Crippen molar-refractivity contribution >= 4 is 46.1 Å². The van der Waals surface area contributed by atoms with Crippen LogP contribution in [0, 0.1) is 6.17 Å². The van der Waals surface area contributed by atoms with Gasteiger partial charge in [0.15, 0.2) is 17.8 Å². The summed E-state index contributed by atoms with van der Waals surface area (Å²) >= 11 is 0. The monoisotopic (exact) mass is 709 g/mol. The van der Waals surface area contributed by atoms with Crippen LogP contribution in [-0.4, -0.2) is 16.7 Å². The molecule has 7 heteroatoms. The first-order chi connectivity index (χ1) is 26.1. The second kappa shape index (κ2) is 13.1. The zero-order valence-corrected chi connectivity index (χ0v) is 32.4. The van der Waals surface area contributed by atoms with E-state index in [0.29, 0.717) is 0 Å². The van der Waals surface area contributed by atoms with Crippen molar-refractivity contribution in [2.45, 2.75) is 79.1 Å². The van der Waals surface area contributed by atoms with E-state index in [2.05, 4.69) is 162 Å². The summed E-state index contributed by atoms with van der Waals surface area (Å²) in [4.78, 5) is 15.1. The number of ether oxygens (including phenoxy) is 2. The van der Waals surface area contributed by atoms with Gasteiger partial charge in [-0.2, -0.15) is 0 Å². The smallest absolute Gasteiger partial charge is 0.260 e. The van der Waals surface area contributed by atoms with Crippen molar-refractivity contribution in [3.05, 3.63) is 143 Å². The molecular formula is C47H46BN4O2. The van der Waals surface area contributed by atoms with E-state index in [1.807, 2.05) is 12.4 Å². The highest BCUT2D eigenvalue weighted by Gasteiger charge is 2.48. The second-order valence-corrected chi connectivity index (χ2v) is 16.0. The first kappa shape index (κ1) is 34.2. The van der Waals surface area contributed by atoms with Crippen LogP contribution in [0.2, 0.25) is 0 Å². The summed E-state index contributed by atoms with van der Waals surface area (Å²) in [5.74, 6) is 5.97. The Morgan fingerprint density at radius 1 is 0.481 bits per heavy atom. The lowest BCUT2D eigenvalue weighted by Gasteiger charge is -2.38. The zero-order valence-electron chi connectivity index (χ0n) is 32.4. The molecule has 0 spiro atoms. The Kier molecular flexibility index (Phi) is 8.29. The van der Waals surface area contributed by atoms with Crippen molar-refractivity contribution in [2.24, 2.45) is 0 Å². The molecule has 3 aliphatic rings. The van der Waals surface area contributed by atoms with Gasteiger partial charge in [-0.1, -0.05) is 128 Å². The standard InChI is InChI=1S/C47H46BN4O2/c1-27(2)32-15-13-16-33(28(3)4)43(32)51-45-46(50-24-23-49-45)52(44-34(29(5)6)17-14-18-35(44)30(7)8)47(51)31-25-40-42-41(26-31)54-39-22-12-10-20-37(39)48(42)36-19-9-11-21-38(36)53-40/h9-30H,1-8H3. The average molecular weight is 710 g/mol. The molecule has 0 aliphatic carbocycles. The van der Waals surface area contributed by atoms with Crippen LogP contribution in [0.1, 0.15) is 107 Å². The number of nitrogens with zero attached hydrogens (tertiary/aromatic N) is 4. The van der Waals surface area contributed by atoms with E-state index in [1.165, 1.54) is 22.3 Å². The molecule has 0 amide bonds. The van der Waals surface area contributed by atoms with E-state index in [0.717, 1.165) is 74.1 Å². The third-order valence-corrected chi connectivity index (χ3v) is 11.2. The van der Waals surface area contributed by atoms with Gasteiger partial charge in [-0.05, 0) is 81.1 Å². The van der Waals surface area contributed by atoms with Crippen molar-refractivity contribution < 1.29 is 9.47 Å². The van der Waals surface area contributed by atoms with Crippen molar-refractivity contribution in [3.8, 4) is 23.0 Å². The van der Waals surface area contributed by atoms with E-state index in [1.54, 1.807) is 0 Å². The quantitative estimate of drug-likeness (QED) is 0.154. The van der Waals surface area contributed by atoms with E-state index < -0.39 is 0 Å². The lowest BCUT2D eigenvalue weighted by Crippen LogP contribution is -2.57. The van der Waals surface area contributed by atoms with Gasteiger partial charge in [-0.3, -0.25) is 9.80 Å². The van der Waals surface area contributed by atoms with Crippen LogP contribution in [0.5, 0.6) is 23.0 Å². The minimum absolute atomic E-state index is 0.0105. The molecule has 9 rings (SSSR count). The number of para-hydroxylation sites is 4. The van der Waals surface area contributed by atoms with Crippen LogP contribution >= 0.6 is 0 Å².